The summed E-state index contributed by atoms with van der Waals surface area (Å²) in [5.41, 5.74) is 8.94. The van der Waals surface area contributed by atoms with E-state index in [0.29, 0.717) is 0 Å². The Morgan fingerprint density at radius 3 is 0.478 bits per heavy atom. The van der Waals surface area contributed by atoms with E-state index in [9.17, 15) is 86.1 Å². The first-order chi connectivity index (χ1) is 17.3. The Labute approximate surface area is 436 Å². The Hall–Kier alpha value is 7.49. The molecule has 1 aliphatic carbocycles. The quantitative estimate of drug-likeness (QED) is 0.0707. The first-order valence-electron chi connectivity index (χ1n) is 8.62. The second-order valence-electron chi connectivity index (χ2n) is 6.56. The van der Waals surface area contributed by atoms with Crippen LogP contribution in [0.2, 0.25) is 0 Å². The van der Waals surface area contributed by atoms with Gasteiger partial charge < -0.3 is 125 Å². The molecule has 0 saturated heterocycles. The minimum Gasteiger partial charge on any atom is -0.790 e. The molecule has 0 heterocycles. The van der Waals surface area contributed by atoms with E-state index in [0.717, 1.165) is 0 Å². The summed E-state index contributed by atoms with van der Waals surface area (Å²) in [5, 5.41) is 6.06. The third-order valence-corrected chi connectivity index (χ3v) is 6.46. The summed E-state index contributed by atoms with van der Waals surface area (Å²) in [4.78, 5) is 133. The zero-order chi connectivity index (χ0) is 32.3. The predicted molar refractivity (Wildman–Crippen MR) is 126 cm³/mol. The number of phosphoric acid groups is 6. The number of nitrogens with one attached hydrogen (secondary N) is 1. The number of rotatable bonds is 12. The molecule has 0 bridgehead atoms. The van der Waals surface area contributed by atoms with E-state index in [1.807, 2.05) is 0 Å². The standard InChI is InChI=1S/C6H18O24P6.CH5N3.6Ca/c7-31(8,9)25-1-2(26-32(10,11)12)4(28-34(16,17)18)6(30-36(22,23)24)5(29-35(19,20)21)3(1)27-33(13,14)15;2-1(3)4;;;;;;/h1-6H,(H2,7,8,9)(H2,10,11,12)(H2,13,14,15)(H2,16,17,18)(H2,19,20,21)(H2,22,23,24);(H5,2,3,4);;;;;;/q;;6*+2/p-12. The number of hydrogen-bond donors (Lipinski definition) is 3. The third-order valence-electron chi connectivity index (χ3n) is 3.45. The summed E-state index contributed by atoms with van der Waals surface area (Å²) in [6.45, 7) is 0. The Balaban J connectivity index is -0.000000286. The van der Waals surface area contributed by atoms with Gasteiger partial charge in [-0.1, -0.05) is 0 Å². The van der Waals surface area contributed by atoms with Crippen LogP contribution in [0.15, 0.2) is 0 Å². The molecule has 0 aromatic heterocycles. The van der Waals surface area contributed by atoms with Crippen LogP contribution in [0.4, 0.5) is 0 Å². The van der Waals surface area contributed by atoms with Crippen molar-refractivity contribution < 1.29 is 113 Å². The average molecular weight is 947 g/mol. The van der Waals surface area contributed by atoms with Crippen molar-refractivity contribution in [2.75, 3.05) is 0 Å². The molecule has 39 heteroatoms. The Morgan fingerprint density at radius 2 is 0.435 bits per heavy atom. The van der Waals surface area contributed by atoms with Gasteiger partial charge >= 0.3 is 226 Å². The number of guanidine groups is 1. The van der Waals surface area contributed by atoms with Gasteiger partial charge in [-0.3, -0.25) is 5.41 Å². The van der Waals surface area contributed by atoms with Crippen molar-refractivity contribution in [1.29, 1.82) is 5.41 Å². The summed E-state index contributed by atoms with van der Waals surface area (Å²) < 4.78 is 88.3. The molecule has 1 fully saturated rings. The first-order valence-corrected chi connectivity index (χ1v) is 17.4. The molecule has 240 valence electrons. The molecule has 5 N–H and O–H groups in total. The number of hydrogen-bond acceptors (Lipinski definition) is 25. The van der Waals surface area contributed by atoms with E-state index in [4.69, 9.17) is 5.41 Å². The molecule has 46 heavy (non-hydrogen) atoms. The number of nitrogens with two attached hydrogens (primary N) is 2. The molecular weight excluding hydrogens is 936 g/mol. The van der Waals surface area contributed by atoms with Crippen molar-refractivity contribution >= 4 is 279 Å². The molecule has 0 spiro atoms. The maximum absolute atomic E-state index is 11.1. The van der Waals surface area contributed by atoms with Crippen LogP contribution in [0.3, 0.4) is 0 Å². The molecule has 1 saturated carbocycles. The van der Waals surface area contributed by atoms with Crippen LogP contribution < -0.4 is 70.2 Å². The Bertz CT molecular complexity index is 948. The second kappa shape index (κ2) is 28.0. The van der Waals surface area contributed by atoms with Crippen molar-refractivity contribution in [2.24, 2.45) is 11.5 Å². The monoisotopic (exact) mass is 947 g/mol. The average Bonchev–Trinajstić information content (AvgIpc) is 2.57. The van der Waals surface area contributed by atoms with E-state index < -0.39 is 83.6 Å². The van der Waals surface area contributed by atoms with Gasteiger partial charge in [0.15, 0.2) is 5.96 Å². The van der Waals surface area contributed by atoms with E-state index in [2.05, 4.69) is 38.6 Å². The van der Waals surface area contributed by atoms with Crippen LogP contribution in [-0.4, -0.2) is 269 Å². The van der Waals surface area contributed by atoms with Gasteiger partial charge in [-0.05, 0) is 0 Å². The summed E-state index contributed by atoms with van der Waals surface area (Å²) >= 11 is 0. The van der Waals surface area contributed by atoms with Gasteiger partial charge in [0, 0.05) is 0 Å². The van der Waals surface area contributed by atoms with Crippen molar-refractivity contribution in [2.45, 2.75) is 36.6 Å². The van der Waals surface area contributed by atoms with Crippen molar-refractivity contribution in [3.63, 3.8) is 0 Å². The largest absolute Gasteiger partial charge is 2.00 e. The SMILES string of the molecule is N=C(N)N.O=P([O-])([O-])OC1C(OP(=O)([O-])[O-])C(OP(=O)([O-])[O-])C(OP(=O)([O-])[O-])C(OP(=O)([O-])[O-])C1OP(=O)([O-])[O-].[Ca+2].[Ca+2].[Ca+2].[Ca+2].[Ca+2].[Ca+2]. The van der Waals surface area contributed by atoms with Gasteiger partial charge in [-0.2, -0.15) is 0 Å². The van der Waals surface area contributed by atoms with Crippen LogP contribution in [-0.2, 0) is 54.5 Å². The molecule has 0 aliphatic heterocycles. The summed E-state index contributed by atoms with van der Waals surface area (Å²) in [7, 11) is -40.1. The van der Waals surface area contributed by atoms with E-state index in [1.54, 1.807) is 0 Å². The van der Waals surface area contributed by atoms with Gasteiger partial charge in [-0.25, -0.2) is 0 Å². The summed E-state index contributed by atoms with van der Waals surface area (Å²) in [6.07, 6.45) is -21.5. The van der Waals surface area contributed by atoms with Gasteiger partial charge in [-0.15, -0.1) is 0 Å². The summed E-state index contributed by atoms with van der Waals surface area (Å²) in [6, 6.07) is 0. The predicted octanol–water partition coefficient (Wildman–Crippen LogP) is -14.2. The van der Waals surface area contributed by atoms with Gasteiger partial charge in [0.05, 0.1) is 46.9 Å². The molecule has 1 aliphatic rings. The number of phosphoric ester groups is 6. The maximum atomic E-state index is 11.1. The fourth-order valence-corrected chi connectivity index (χ4v) is 5.96. The Morgan fingerprint density at radius 1 is 0.370 bits per heavy atom. The van der Waals surface area contributed by atoms with Crippen molar-refractivity contribution in [3.05, 3.63) is 0 Å². The molecule has 0 radical (unpaired) electrons. The second-order valence-corrected chi connectivity index (χ2v) is 13.2. The topological polar surface area (TPSA) is 510 Å². The molecule has 1 rings (SSSR count). The van der Waals surface area contributed by atoms with E-state index >= 15 is 0 Å². The fraction of sp³-hybridized carbons (Fsp3) is 0.857. The van der Waals surface area contributed by atoms with Crippen LogP contribution in [0, 0.1) is 5.41 Å². The van der Waals surface area contributed by atoms with Crippen LogP contribution in [0.5, 0.6) is 0 Å². The summed E-state index contributed by atoms with van der Waals surface area (Å²) in [5.74, 6) is -0.333. The van der Waals surface area contributed by atoms with Crippen molar-refractivity contribution in [3.8, 4) is 0 Å². The molecule has 0 unspecified atom stereocenters. The normalized spacial score (nSPS) is 23.5. The van der Waals surface area contributed by atoms with Crippen LogP contribution >= 0.6 is 46.9 Å². The smallest absolute Gasteiger partial charge is 0.790 e. The van der Waals surface area contributed by atoms with Gasteiger partial charge in [0.1, 0.15) is 36.6 Å². The molecule has 0 aromatic carbocycles. The van der Waals surface area contributed by atoms with E-state index in [-0.39, 0.29) is 232 Å². The molecular formula is C7H11Ca6N3O24P6. The molecule has 0 amide bonds. The Kier molecular flexibility index (Phi) is 41.5. The van der Waals surface area contributed by atoms with Crippen molar-refractivity contribution in [1.82, 2.24) is 0 Å². The minimum atomic E-state index is -6.68. The zero-order valence-corrected chi connectivity index (χ0v) is 41.0. The fourth-order valence-electron chi connectivity index (χ4n) is 2.74. The minimum absolute atomic E-state index is 0. The van der Waals surface area contributed by atoms with Crippen LogP contribution in [0.1, 0.15) is 0 Å². The first kappa shape index (κ1) is 68.2. The van der Waals surface area contributed by atoms with Crippen LogP contribution in [0.25, 0.3) is 0 Å². The molecule has 27 nitrogen and oxygen atoms in total. The van der Waals surface area contributed by atoms with Gasteiger partial charge in [0.2, 0.25) is 0 Å². The van der Waals surface area contributed by atoms with Gasteiger partial charge in [0.25, 0.3) is 0 Å². The third kappa shape index (κ3) is 34.7. The maximum Gasteiger partial charge on any atom is 2.00 e. The molecule has 0 atom stereocenters. The molecule has 0 aromatic rings. The zero-order valence-electron chi connectivity index (χ0n) is 22.3. The van der Waals surface area contributed by atoms with E-state index in [1.165, 1.54) is 0 Å².